The van der Waals surface area contributed by atoms with Crippen LogP contribution in [0, 0.1) is 5.92 Å². The van der Waals surface area contributed by atoms with Gasteiger partial charge >= 0.3 is 0 Å². The molecule has 0 aliphatic heterocycles. The highest BCUT2D eigenvalue weighted by Gasteiger charge is 2.55. The molecular formula is C25H21N. The molecular weight excluding hydrogens is 314 g/mol. The van der Waals surface area contributed by atoms with Crippen molar-refractivity contribution in [1.82, 2.24) is 4.57 Å². The first-order valence-corrected chi connectivity index (χ1v) is 9.56. The van der Waals surface area contributed by atoms with Gasteiger partial charge in [0.25, 0.3) is 0 Å². The van der Waals surface area contributed by atoms with Crippen LogP contribution in [-0.2, 0) is 12.5 Å². The van der Waals surface area contributed by atoms with E-state index in [1.807, 2.05) is 0 Å². The number of aromatic nitrogens is 1. The number of aryl methyl sites for hydroxylation is 1. The zero-order valence-electron chi connectivity index (χ0n) is 14.9. The fourth-order valence-corrected chi connectivity index (χ4v) is 5.45. The van der Waals surface area contributed by atoms with E-state index in [2.05, 4.69) is 90.5 Å². The van der Waals surface area contributed by atoms with E-state index in [4.69, 9.17) is 0 Å². The van der Waals surface area contributed by atoms with Gasteiger partial charge in [0.15, 0.2) is 0 Å². The lowest BCUT2D eigenvalue weighted by molar-refractivity contribution is 0.553. The van der Waals surface area contributed by atoms with Crippen LogP contribution in [0.25, 0.3) is 22.2 Å². The zero-order valence-corrected chi connectivity index (χ0v) is 14.9. The third kappa shape index (κ3) is 1.57. The maximum absolute atomic E-state index is 2.41. The number of para-hydroxylation sites is 1. The first kappa shape index (κ1) is 14.4. The van der Waals surface area contributed by atoms with Crippen molar-refractivity contribution in [3.05, 3.63) is 95.6 Å². The molecule has 1 nitrogen and oxygen atoms in total. The van der Waals surface area contributed by atoms with Gasteiger partial charge in [-0.15, -0.1) is 0 Å². The second-order valence-corrected chi connectivity index (χ2v) is 7.79. The van der Waals surface area contributed by atoms with Gasteiger partial charge in [-0.1, -0.05) is 72.8 Å². The van der Waals surface area contributed by atoms with E-state index >= 15 is 0 Å². The van der Waals surface area contributed by atoms with Gasteiger partial charge in [0.1, 0.15) is 0 Å². The van der Waals surface area contributed by atoms with Crippen molar-refractivity contribution in [2.45, 2.75) is 18.3 Å². The number of fused-ring (bicyclic) bond motifs is 5. The first-order valence-electron chi connectivity index (χ1n) is 9.56. The molecule has 1 atom stereocenters. The molecule has 0 spiro atoms. The molecule has 2 aliphatic rings. The number of rotatable bonds is 2. The molecule has 1 heteroatoms. The number of nitrogens with zero attached hydrogens (tertiary/aromatic N) is 1. The predicted octanol–water partition coefficient (Wildman–Crippen LogP) is 5.90. The lowest BCUT2D eigenvalue weighted by Gasteiger charge is -2.33. The van der Waals surface area contributed by atoms with Crippen LogP contribution >= 0.6 is 0 Å². The van der Waals surface area contributed by atoms with Gasteiger partial charge in [0, 0.05) is 29.1 Å². The van der Waals surface area contributed by atoms with Crippen molar-refractivity contribution in [3.8, 4) is 11.3 Å². The van der Waals surface area contributed by atoms with E-state index in [0.717, 1.165) is 0 Å². The molecule has 4 aromatic rings. The molecule has 1 heterocycles. The van der Waals surface area contributed by atoms with Gasteiger partial charge in [-0.2, -0.15) is 0 Å². The van der Waals surface area contributed by atoms with Crippen molar-refractivity contribution >= 4 is 10.9 Å². The Morgan fingerprint density at radius 1 is 0.808 bits per heavy atom. The van der Waals surface area contributed by atoms with E-state index < -0.39 is 0 Å². The van der Waals surface area contributed by atoms with Crippen LogP contribution in [0.4, 0.5) is 0 Å². The Balaban J connectivity index is 1.85. The molecule has 0 N–H and O–H groups in total. The Labute approximate surface area is 153 Å². The summed E-state index contributed by atoms with van der Waals surface area (Å²) in [4.78, 5) is 0. The van der Waals surface area contributed by atoms with Crippen molar-refractivity contribution in [2.24, 2.45) is 13.0 Å². The minimum Gasteiger partial charge on any atom is -0.343 e. The summed E-state index contributed by atoms with van der Waals surface area (Å²) in [6, 6.07) is 29.2. The molecule has 0 radical (unpaired) electrons. The van der Waals surface area contributed by atoms with Crippen LogP contribution in [-0.4, -0.2) is 4.57 Å². The average Bonchev–Trinajstić information content (AvgIpc) is 3.45. The van der Waals surface area contributed by atoms with Crippen LogP contribution in [0.15, 0.2) is 78.9 Å². The predicted molar refractivity (Wildman–Crippen MR) is 107 cm³/mol. The normalized spacial score (nSPS) is 21.0. The van der Waals surface area contributed by atoms with Crippen molar-refractivity contribution in [3.63, 3.8) is 0 Å². The van der Waals surface area contributed by atoms with Crippen molar-refractivity contribution < 1.29 is 0 Å². The molecule has 1 fully saturated rings. The van der Waals surface area contributed by atoms with Gasteiger partial charge in [-0.25, -0.2) is 0 Å². The fourth-order valence-electron chi connectivity index (χ4n) is 5.45. The SMILES string of the molecule is Cn1c2c(c3ccccc31)C(c1ccccc1)(C1CC1)c1ccccc1-2. The van der Waals surface area contributed by atoms with E-state index in [1.54, 1.807) is 0 Å². The molecule has 126 valence electrons. The number of benzene rings is 3. The standard InChI is InChI=1S/C25H21N/c1-26-22-14-8-6-12-20(22)23-24(26)19-11-5-7-13-21(19)25(23,18-15-16-18)17-9-3-2-4-10-17/h2-14,18H,15-16H2,1H3. The Hall–Kier alpha value is -2.80. The van der Waals surface area contributed by atoms with Crippen LogP contribution < -0.4 is 0 Å². The molecule has 3 aromatic carbocycles. The third-order valence-electron chi connectivity index (χ3n) is 6.53. The largest absolute Gasteiger partial charge is 0.343 e. The van der Waals surface area contributed by atoms with Gasteiger partial charge in [-0.3, -0.25) is 0 Å². The molecule has 1 saturated carbocycles. The molecule has 26 heavy (non-hydrogen) atoms. The maximum Gasteiger partial charge on any atom is 0.0537 e. The summed E-state index contributed by atoms with van der Waals surface area (Å²) in [5, 5.41) is 1.41. The summed E-state index contributed by atoms with van der Waals surface area (Å²) < 4.78 is 2.41. The highest BCUT2D eigenvalue weighted by molar-refractivity contribution is 5.99. The summed E-state index contributed by atoms with van der Waals surface area (Å²) in [7, 11) is 2.23. The van der Waals surface area contributed by atoms with Crippen molar-refractivity contribution in [2.75, 3.05) is 0 Å². The van der Waals surface area contributed by atoms with E-state index in [9.17, 15) is 0 Å². The second-order valence-electron chi connectivity index (χ2n) is 7.79. The summed E-state index contributed by atoms with van der Waals surface area (Å²) in [6.07, 6.45) is 2.62. The van der Waals surface area contributed by atoms with Crippen LogP contribution in [0.5, 0.6) is 0 Å². The summed E-state index contributed by atoms with van der Waals surface area (Å²) in [5.74, 6) is 0.693. The lowest BCUT2D eigenvalue weighted by Crippen LogP contribution is -2.29. The molecule has 6 rings (SSSR count). The van der Waals surface area contributed by atoms with E-state index in [-0.39, 0.29) is 5.41 Å². The van der Waals surface area contributed by atoms with Crippen LogP contribution in [0.2, 0.25) is 0 Å². The zero-order chi connectivity index (χ0) is 17.3. The molecule has 0 saturated heterocycles. The summed E-state index contributed by atoms with van der Waals surface area (Å²) >= 11 is 0. The molecule has 0 amide bonds. The molecule has 1 unspecified atom stereocenters. The Morgan fingerprint density at radius 3 is 2.31 bits per heavy atom. The lowest BCUT2D eigenvalue weighted by atomic mass is 9.68. The van der Waals surface area contributed by atoms with Crippen LogP contribution in [0.3, 0.4) is 0 Å². The van der Waals surface area contributed by atoms with Gasteiger partial charge in [0.05, 0.1) is 11.1 Å². The Kier molecular flexibility index (Phi) is 2.70. The molecule has 2 aliphatic carbocycles. The highest BCUT2D eigenvalue weighted by Crippen LogP contribution is 2.64. The van der Waals surface area contributed by atoms with Gasteiger partial charge in [0.2, 0.25) is 0 Å². The average molecular weight is 335 g/mol. The van der Waals surface area contributed by atoms with Crippen molar-refractivity contribution in [1.29, 1.82) is 0 Å². The maximum atomic E-state index is 2.41. The minimum atomic E-state index is -0.00590. The summed E-state index contributed by atoms with van der Waals surface area (Å²) in [6.45, 7) is 0. The topological polar surface area (TPSA) is 4.93 Å². The quantitative estimate of drug-likeness (QED) is 0.429. The third-order valence-corrected chi connectivity index (χ3v) is 6.53. The Bertz CT molecular complexity index is 1150. The smallest absolute Gasteiger partial charge is 0.0537 e. The fraction of sp³-hybridized carbons (Fsp3) is 0.200. The van der Waals surface area contributed by atoms with Gasteiger partial charge < -0.3 is 4.57 Å². The first-order chi connectivity index (χ1) is 12.8. The Morgan fingerprint density at radius 2 is 1.50 bits per heavy atom. The molecule has 0 bridgehead atoms. The highest BCUT2D eigenvalue weighted by atomic mass is 15.0. The van der Waals surface area contributed by atoms with E-state index in [1.165, 1.54) is 51.7 Å². The number of hydrogen-bond acceptors (Lipinski definition) is 0. The van der Waals surface area contributed by atoms with Crippen LogP contribution in [0.1, 0.15) is 29.5 Å². The number of hydrogen-bond donors (Lipinski definition) is 0. The monoisotopic (exact) mass is 335 g/mol. The second kappa shape index (κ2) is 4.88. The van der Waals surface area contributed by atoms with Gasteiger partial charge in [-0.05, 0) is 36.0 Å². The minimum absolute atomic E-state index is 0.00590. The summed E-state index contributed by atoms with van der Waals surface area (Å²) in [5.41, 5.74) is 8.65. The van der Waals surface area contributed by atoms with E-state index in [0.29, 0.717) is 5.92 Å². The molecule has 1 aromatic heterocycles.